The number of aromatic nitrogens is 5. The monoisotopic (exact) mass is 385 g/mol. The number of nitrogens with zero attached hydrogens (tertiary/aromatic N) is 4. The summed E-state index contributed by atoms with van der Waals surface area (Å²) >= 11 is 1.33. The van der Waals surface area contributed by atoms with Gasteiger partial charge in [0, 0.05) is 6.04 Å². The Morgan fingerprint density at radius 2 is 2.15 bits per heavy atom. The van der Waals surface area contributed by atoms with Crippen molar-refractivity contribution in [2.45, 2.75) is 31.0 Å². The van der Waals surface area contributed by atoms with Crippen molar-refractivity contribution in [3.8, 4) is 0 Å². The van der Waals surface area contributed by atoms with E-state index in [1.165, 1.54) is 18.9 Å². The van der Waals surface area contributed by atoms with Crippen molar-refractivity contribution in [3.63, 3.8) is 0 Å². The highest BCUT2D eigenvalue weighted by atomic mass is 32.2. The summed E-state index contributed by atoms with van der Waals surface area (Å²) < 4.78 is 6.93. The molecular formula is C18H19N5O3S. The highest BCUT2D eigenvalue weighted by molar-refractivity contribution is 7.99. The van der Waals surface area contributed by atoms with Gasteiger partial charge in [-0.1, -0.05) is 23.9 Å². The van der Waals surface area contributed by atoms with Gasteiger partial charge in [-0.15, -0.1) is 10.2 Å². The lowest BCUT2D eigenvalue weighted by Gasteiger charge is -2.08. The smallest absolute Gasteiger partial charge is 0.345 e. The first-order chi connectivity index (χ1) is 13.1. The van der Waals surface area contributed by atoms with Gasteiger partial charge in [0.15, 0.2) is 5.16 Å². The standard InChI is InChI=1S/C18H19N5O3S/c1-10-21-22-18(23(10)11-7-8-11)27-9-14(24)15(17(25)26-2)16-19-12-5-3-4-6-13(12)20-16/h3-6,11,24H,7-9H2,1-2H3,(H,19,20)/b15-14+. The number of rotatable bonds is 6. The highest BCUT2D eigenvalue weighted by Crippen LogP contribution is 2.39. The molecule has 4 rings (SSSR count). The van der Waals surface area contributed by atoms with Gasteiger partial charge in [0.2, 0.25) is 0 Å². The number of aliphatic hydroxyl groups is 1. The van der Waals surface area contributed by atoms with Crippen LogP contribution >= 0.6 is 11.8 Å². The van der Waals surface area contributed by atoms with Crippen molar-refractivity contribution in [1.82, 2.24) is 24.7 Å². The van der Waals surface area contributed by atoms with E-state index in [9.17, 15) is 9.90 Å². The van der Waals surface area contributed by atoms with Gasteiger partial charge in [-0.2, -0.15) is 0 Å². The van der Waals surface area contributed by atoms with Crippen molar-refractivity contribution in [1.29, 1.82) is 0 Å². The number of hydrogen-bond acceptors (Lipinski definition) is 7. The molecule has 0 amide bonds. The second-order valence-corrected chi connectivity index (χ2v) is 7.28. The molecule has 1 aromatic carbocycles. The quantitative estimate of drug-likeness (QED) is 0.291. The van der Waals surface area contributed by atoms with E-state index in [-0.39, 0.29) is 22.9 Å². The summed E-state index contributed by atoms with van der Waals surface area (Å²) in [5.74, 6) is 0.530. The molecule has 1 saturated carbocycles. The number of esters is 1. The number of benzene rings is 1. The topological polar surface area (TPSA) is 106 Å². The van der Waals surface area contributed by atoms with E-state index in [1.807, 2.05) is 31.2 Å². The van der Waals surface area contributed by atoms with E-state index in [0.717, 1.165) is 29.3 Å². The average molecular weight is 385 g/mol. The molecule has 1 aliphatic rings. The molecule has 1 aliphatic carbocycles. The summed E-state index contributed by atoms with van der Waals surface area (Å²) in [6.45, 7) is 1.92. The summed E-state index contributed by atoms with van der Waals surface area (Å²) in [5, 5.41) is 19.7. The molecular weight excluding hydrogens is 366 g/mol. The Hall–Kier alpha value is -2.81. The number of H-pyrrole nitrogens is 1. The molecule has 0 atom stereocenters. The van der Waals surface area contributed by atoms with Gasteiger partial charge >= 0.3 is 5.97 Å². The van der Waals surface area contributed by atoms with E-state index >= 15 is 0 Å². The molecule has 0 saturated heterocycles. The van der Waals surface area contributed by atoms with Crippen LogP contribution in [0.1, 0.15) is 30.5 Å². The van der Waals surface area contributed by atoms with Gasteiger partial charge in [0.05, 0.1) is 23.9 Å². The van der Waals surface area contributed by atoms with Crippen LogP contribution in [-0.4, -0.2) is 48.7 Å². The number of aromatic amines is 1. The normalized spacial score (nSPS) is 15.0. The fourth-order valence-corrected chi connectivity index (χ4v) is 3.86. The summed E-state index contributed by atoms with van der Waals surface area (Å²) in [4.78, 5) is 19.8. The zero-order chi connectivity index (χ0) is 19.0. The number of aliphatic hydroxyl groups excluding tert-OH is 1. The molecule has 0 bridgehead atoms. The number of imidazole rings is 1. The van der Waals surface area contributed by atoms with E-state index in [0.29, 0.717) is 11.6 Å². The maximum absolute atomic E-state index is 12.3. The number of hydrogen-bond donors (Lipinski definition) is 2. The van der Waals surface area contributed by atoms with Crippen LogP contribution in [0, 0.1) is 6.92 Å². The minimum Gasteiger partial charge on any atom is -0.510 e. The molecule has 3 aromatic rings. The SMILES string of the molecule is COC(=O)/C(=C(/O)CSc1nnc(C)n1C1CC1)c1nc2ccccc2[nH]1. The number of carbonyl (C=O) groups is 1. The van der Waals surface area contributed by atoms with Crippen LogP contribution in [0.5, 0.6) is 0 Å². The number of ether oxygens (including phenoxy) is 1. The summed E-state index contributed by atoms with van der Waals surface area (Å²) in [6, 6.07) is 7.85. The summed E-state index contributed by atoms with van der Waals surface area (Å²) in [6.07, 6.45) is 2.22. The van der Waals surface area contributed by atoms with Crippen LogP contribution in [0.4, 0.5) is 0 Å². The van der Waals surface area contributed by atoms with E-state index < -0.39 is 5.97 Å². The maximum atomic E-state index is 12.3. The van der Waals surface area contributed by atoms with Crippen molar-refractivity contribution in [2.75, 3.05) is 12.9 Å². The largest absolute Gasteiger partial charge is 0.510 e. The van der Waals surface area contributed by atoms with Crippen LogP contribution in [0.2, 0.25) is 0 Å². The van der Waals surface area contributed by atoms with Crippen LogP contribution < -0.4 is 0 Å². The lowest BCUT2D eigenvalue weighted by atomic mass is 10.2. The molecule has 0 radical (unpaired) electrons. The predicted molar refractivity (Wildman–Crippen MR) is 101 cm³/mol. The predicted octanol–water partition coefficient (Wildman–Crippen LogP) is 3.03. The van der Waals surface area contributed by atoms with Crippen molar-refractivity contribution in [2.24, 2.45) is 0 Å². The Morgan fingerprint density at radius 1 is 1.37 bits per heavy atom. The summed E-state index contributed by atoms with van der Waals surface area (Å²) in [7, 11) is 1.28. The molecule has 0 aliphatic heterocycles. The molecule has 2 N–H and O–H groups in total. The fraction of sp³-hybridized carbons (Fsp3) is 0.333. The Labute approximate surface area is 159 Å². The van der Waals surface area contributed by atoms with E-state index in [4.69, 9.17) is 4.74 Å². The number of aryl methyl sites for hydroxylation is 1. The molecule has 2 aromatic heterocycles. The molecule has 0 spiro atoms. The fourth-order valence-electron chi connectivity index (χ4n) is 2.93. The van der Waals surface area contributed by atoms with Crippen molar-refractivity contribution < 1.29 is 14.6 Å². The number of nitrogens with one attached hydrogen (secondary N) is 1. The van der Waals surface area contributed by atoms with Gasteiger partial charge < -0.3 is 19.4 Å². The van der Waals surface area contributed by atoms with Crippen LogP contribution in [0.3, 0.4) is 0 Å². The first-order valence-electron chi connectivity index (χ1n) is 8.58. The zero-order valence-electron chi connectivity index (χ0n) is 15.0. The molecule has 9 heteroatoms. The highest BCUT2D eigenvalue weighted by Gasteiger charge is 2.29. The Balaban J connectivity index is 1.64. The molecule has 0 unspecified atom stereocenters. The van der Waals surface area contributed by atoms with Gasteiger partial charge in [-0.05, 0) is 31.9 Å². The number of methoxy groups -OCH3 is 1. The lowest BCUT2D eigenvalue weighted by Crippen LogP contribution is -2.10. The van der Waals surface area contributed by atoms with Gasteiger partial charge in [0.1, 0.15) is 23.0 Å². The van der Waals surface area contributed by atoms with E-state index in [1.54, 1.807) is 0 Å². The third-order valence-corrected chi connectivity index (χ3v) is 5.34. The minimum atomic E-state index is -0.646. The first-order valence-corrected chi connectivity index (χ1v) is 9.57. The number of fused-ring (bicyclic) bond motifs is 1. The lowest BCUT2D eigenvalue weighted by molar-refractivity contribution is -0.133. The first kappa shape index (κ1) is 17.6. The minimum absolute atomic E-state index is 0.0235. The zero-order valence-corrected chi connectivity index (χ0v) is 15.8. The number of para-hydroxylation sites is 2. The molecule has 2 heterocycles. The Kier molecular flexibility index (Phi) is 4.61. The Bertz CT molecular complexity index is 1000. The van der Waals surface area contributed by atoms with Gasteiger partial charge in [-0.25, -0.2) is 9.78 Å². The van der Waals surface area contributed by atoms with Gasteiger partial charge in [0.25, 0.3) is 0 Å². The van der Waals surface area contributed by atoms with Crippen LogP contribution in [0.25, 0.3) is 16.6 Å². The molecule has 27 heavy (non-hydrogen) atoms. The number of thioether (sulfide) groups is 1. The van der Waals surface area contributed by atoms with Gasteiger partial charge in [-0.3, -0.25) is 0 Å². The molecule has 8 nitrogen and oxygen atoms in total. The van der Waals surface area contributed by atoms with Crippen molar-refractivity contribution >= 4 is 34.3 Å². The maximum Gasteiger partial charge on any atom is 0.345 e. The van der Waals surface area contributed by atoms with Crippen molar-refractivity contribution in [3.05, 3.63) is 41.7 Å². The van der Waals surface area contributed by atoms with E-state index in [2.05, 4.69) is 24.7 Å². The second-order valence-electron chi connectivity index (χ2n) is 6.34. The average Bonchev–Trinajstić information content (AvgIpc) is 3.30. The third-order valence-electron chi connectivity index (χ3n) is 4.39. The van der Waals surface area contributed by atoms with Crippen LogP contribution in [-0.2, 0) is 9.53 Å². The summed E-state index contributed by atoms with van der Waals surface area (Å²) in [5.41, 5.74) is 1.51. The molecule has 140 valence electrons. The molecule has 1 fully saturated rings. The number of carbonyl (C=O) groups excluding carboxylic acids is 1. The third kappa shape index (κ3) is 3.42. The second kappa shape index (κ2) is 7.07. The Morgan fingerprint density at radius 3 is 2.85 bits per heavy atom. The van der Waals surface area contributed by atoms with Crippen LogP contribution in [0.15, 0.2) is 35.2 Å².